The summed E-state index contributed by atoms with van der Waals surface area (Å²) in [5.41, 5.74) is 1.59. The van der Waals surface area contributed by atoms with Crippen molar-refractivity contribution in [3.63, 3.8) is 0 Å². The molecular formula is C14H13ClN2O2. The monoisotopic (exact) mass is 276 g/mol. The van der Waals surface area contributed by atoms with Crippen LogP contribution < -0.4 is 0 Å². The zero-order valence-corrected chi connectivity index (χ0v) is 11.1. The minimum atomic E-state index is -0.536. The Balaban J connectivity index is 2.00. The van der Waals surface area contributed by atoms with Crippen LogP contribution in [0, 0.1) is 11.3 Å². The number of halogens is 1. The van der Waals surface area contributed by atoms with Crippen molar-refractivity contribution in [1.29, 1.82) is 5.26 Å². The van der Waals surface area contributed by atoms with Crippen molar-refractivity contribution >= 4 is 23.3 Å². The van der Waals surface area contributed by atoms with Crippen LogP contribution >= 0.6 is 11.6 Å². The molecule has 4 nitrogen and oxygen atoms in total. The molecule has 0 aliphatic heterocycles. The number of benzene rings is 1. The molecule has 1 aliphatic rings. The standard InChI is InChI=1S/C14H13ClN2O2/c15-12-3-1-2-4-13(12)17-19-14(18)11-7-5-10(9-16)6-8-11/h5-8,12H,1-4H2. The molecule has 0 amide bonds. The highest BCUT2D eigenvalue weighted by Crippen LogP contribution is 2.20. The SMILES string of the molecule is N#Cc1ccc(C(=O)ON=C2CCCCC2Cl)cc1. The van der Waals surface area contributed by atoms with Gasteiger partial charge >= 0.3 is 5.97 Å². The number of rotatable bonds is 2. The molecule has 0 saturated heterocycles. The van der Waals surface area contributed by atoms with E-state index in [2.05, 4.69) is 5.16 Å². The zero-order valence-electron chi connectivity index (χ0n) is 10.3. The maximum atomic E-state index is 11.7. The molecule has 0 radical (unpaired) electrons. The van der Waals surface area contributed by atoms with Gasteiger partial charge in [-0.15, -0.1) is 11.6 Å². The lowest BCUT2D eigenvalue weighted by Crippen LogP contribution is -2.20. The number of nitriles is 1. The fourth-order valence-electron chi connectivity index (χ4n) is 1.89. The lowest BCUT2D eigenvalue weighted by Gasteiger charge is -2.17. The van der Waals surface area contributed by atoms with Gasteiger partial charge in [0.15, 0.2) is 0 Å². The second kappa shape index (κ2) is 6.35. The predicted molar refractivity (Wildman–Crippen MR) is 72.1 cm³/mol. The van der Waals surface area contributed by atoms with Crippen molar-refractivity contribution in [2.45, 2.75) is 31.1 Å². The number of nitrogens with zero attached hydrogens (tertiary/aromatic N) is 2. The van der Waals surface area contributed by atoms with E-state index in [1.54, 1.807) is 24.3 Å². The maximum Gasteiger partial charge on any atom is 0.365 e. The van der Waals surface area contributed by atoms with Gasteiger partial charge in [-0.2, -0.15) is 5.26 Å². The molecule has 1 aromatic carbocycles. The Kier molecular flexibility index (Phi) is 4.53. The number of carbonyl (C=O) groups is 1. The van der Waals surface area contributed by atoms with Crippen LogP contribution in [0.15, 0.2) is 29.4 Å². The summed E-state index contributed by atoms with van der Waals surface area (Å²) in [5.74, 6) is -0.536. The largest absolute Gasteiger partial charge is 0.365 e. The van der Waals surface area contributed by atoms with Crippen LogP contribution in [-0.2, 0) is 4.84 Å². The fraction of sp³-hybridized carbons (Fsp3) is 0.357. The zero-order chi connectivity index (χ0) is 13.7. The van der Waals surface area contributed by atoms with E-state index in [1.165, 1.54) is 0 Å². The van der Waals surface area contributed by atoms with Crippen molar-refractivity contribution in [2.24, 2.45) is 5.16 Å². The van der Waals surface area contributed by atoms with E-state index in [4.69, 9.17) is 21.7 Å². The smallest absolute Gasteiger partial charge is 0.313 e. The first-order valence-electron chi connectivity index (χ1n) is 6.13. The van der Waals surface area contributed by atoms with Gasteiger partial charge in [0.05, 0.1) is 28.3 Å². The topological polar surface area (TPSA) is 62.5 Å². The average molecular weight is 277 g/mol. The van der Waals surface area contributed by atoms with Crippen molar-refractivity contribution in [3.05, 3.63) is 35.4 Å². The first-order valence-corrected chi connectivity index (χ1v) is 6.56. The molecule has 2 rings (SSSR count). The van der Waals surface area contributed by atoms with Gasteiger partial charge < -0.3 is 4.84 Å². The summed E-state index contributed by atoms with van der Waals surface area (Å²) in [6, 6.07) is 8.20. The molecule has 1 fully saturated rings. The molecular weight excluding hydrogens is 264 g/mol. The minimum Gasteiger partial charge on any atom is -0.313 e. The van der Waals surface area contributed by atoms with E-state index in [0.29, 0.717) is 11.1 Å². The quantitative estimate of drug-likeness (QED) is 0.473. The van der Waals surface area contributed by atoms with Gasteiger partial charge in [0.2, 0.25) is 0 Å². The highest BCUT2D eigenvalue weighted by molar-refractivity contribution is 6.32. The molecule has 5 heteroatoms. The Morgan fingerprint density at radius 3 is 2.74 bits per heavy atom. The van der Waals surface area contributed by atoms with Crippen LogP contribution in [0.1, 0.15) is 41.6 Å². The molecule has 1 saturated carbocycles. The van der Waals surface area contributed by atoms with Crippen LogP contribution in [0.2, 0.25) is 0 Å². The van der Waals surface area contributed by atoms with Gasteiger partial charge in [0, 0.05) is 0 Å². The van der Waals surface area contributed by atoms with Gasteiger partial charge in [0.25, 0.3) is 0 Å². The first-order chi connectivity index (χ1) is 9.20. The summed E-state index contributed by atoms with van der Waals surface area (Å²) in [7, 11) is 0. The van der Waals surface area contributed by atoms with Gasteiger partial charge in [0.1, 0.15) is 0 Å². The van der Waals surface area contributed by atoms with E-state index < -0.39 is 5.97 Å². The predicted octanol–water partition coefficient (Wildman–Crippen LogP) is 3.25. The Labute approximate surface area is 116 Å². The molecule has 1 aliphatic carbocycles. The van der Waals surface area contributed by atoms with E-state index in [9.17, 15) is 4.79 Å². The summed E-state index contributed by atoms with van der Waals surface area (Å²) in [6.07, 6.45) is 3.75. The molecule has 0 aromatic heterocycles. The third kappa shape index (κ3) is 3.55. The van der Waals surface area contributed by atoms with Crippen LogP contribution in [0.3, 0.4) is 0 Å². The third-order valence-electron chi connectivity index (χ3n) is 3.00. The Morgan fingerprint density at radius 1 is 1.37 bits per heavy atom. The molecule has 98 valence electrons. The summed E-state index contributed by atoms with van der Waals surface area (Å²) in [6.45, 7) is 0. The van der Waals surface area contributed by atoms with Crippen LogP contribution in [-0.4, -0.2) is 17.1 Å². The number of oxime groups is 1. The molecule has 19 heavy (non-hydrogen) atoms. The molecule has 0 N–H and O–H groups in total. The van der Waals surface area contributed by atoms with Crippen LogP contribution in [0.4, 0.5) is 0 Å². The van der Waals surface area contributed by atoms with Crippen LogP contribution in [0.5, 0.6) is 0 Å². The van der Waals surface area contributed by atoms with Crippen molar-refractivity contribution in [1.82, 2.24) is 0 Å². The average Bonchev–Trinajstić information content (AvgIpc) is 2.46. The van der Waals surface area contributed by atoms with Crippen molar-refractivity contribution in [2.75, 3.05) is 0 Å². The molecule has 0 heterocycles. The molecule has 1 atom stereocenters. The van der Waals surface area contributed by atoms with Crippen molar-refractivity contribution < 1.29 is 9.63 Å². The number of alkyl halides is 1. The maximum absolute atomic E-state index is 11.7. The first kappa shape index (κ1) is 13.6. The van der Waals surface area contributed by atoms with Crippen molar-refractivity contribution in [3.8, 4) is 6.07 Å². The summed E-state index contributed by atoms with van der Waals surface area (Å²) in [4.78, 5) is 16.6. The highest BCUT2D eigenvalue weighted by atomic mass is 35.5. The third-order valence-corrected chi connectivity index (χ3v) is 3.47. The van der Waals surface area contributed by atoms with Gasteiger partial charge in [-0.1, -0.05) is 11.6 Å². The van der Waals surface area contributed by atoms with Gasteiger partial charge in [-0.25, -0.2) is 4.79 Å². The second-order valence-electron chi connectivity index (χ2n) is 4.36. The molecule has 0 bridgehead atoms. The summed E-state index contributed by atoms with van der Waals surface area (Å²) < 4.78 is 0. The summed E-state index contributed by atoms with van der Waals surface area (Å²) >= 11 is 6.09. The van der Waals surface area contributed by atoms with Gasteiger partial charge in [-0.05, 0) is 43.5 Å². The normalized spacial score (nSPS) is 20.8. The second-order valence-corrected chi connectivity index (χ2v) is 4.89. The number of hydrogen-bond donors (Lipinski definition) is 0. The van der Waals surface area contributed by atoms with E-state index in [-0.39, 0.29) is 5.38 Å². The number of hydrogen-bond acceptors (Lipinski definition) is 4. The molecule has 1 aromatic rings. The Morgan fingerprint density at radius 2 is 2.11 bits per heavy atom. The lowest BCUT2D eigenvalue weighted by molar-refractivity contribution is 0.0514. The number of carbonyl (C=O) groups excluding carboxylic acids is 1. The van der Waals surface area contributed by atoms with E-state index >= 15 is 0 Å². The Hall–Kier alpha value is -1.86. The molecule has 1 unspecified atom stereocenters. The van der Waals surface area contributed by atoms with Gasteiger partial charge in [-0.3, -0.25) is 0 Å². The van der Waals surface area contributed by atoms with E-state index in [0.717, 1.165) is 31.4 Å². The minimum absolute atomic E-state index is 0.137. The van der Waals surface area contributed by atoms with Crippen LogP contribution in [0.25, 0.3) is 0 Å². The Bertz CT molecular complexity index is 531. The highest BCUT2D eigenvalue weighted by Gasteiger charge is 2.19. The summed E-state index contributed by atoms with van der Waals surface area (Å²) in [5, 5.41) is 12.4. The van der Waals surface area contributed by atoms with E-state index in [1.807, 2.05) is 6.07 Å². The molecule has 0 spiro atoms. The lowest BCUT2D eigenvalue weighted by atomic mass is 9.98. The fourth-order valence-corrected chi connectivity index (χ4v) is 2.19.